The minimum atomic E-state index is -4.61. The molecule has 5 nitrogen and oxygen atoms in total. The Morgan fingerprint density at radius 3 is 2.14 bits per heavy atom. The number of nitrogens with zero attached hydrogens (tertiary/aromatic N) is 1. The quantitative estimate of drug-likeness (QED) is 0.452. The van der Waals surface area contributed by atoms with Gasteiger partial charge in [0.25, 0.3) is 5.91 Å². The molecule has 3 aromatic rings. The molecule has 2 fully saturated rings. The maximum atomic E-state index is 13.2. The molecule has 0 radical (unpaired) electrons. The molecule has 0 unspecified atom stereocenters. The predicted molar refractivity (Wildman–Crippen MR) is 128 cm³/mol. The number of hydrogen-bond acceptors (Lipinski definition) is 3. The van der Waals surface area contributed by atoms with E-state index in [4.69, 9.17) is 0 Å². The van der Waals surface area contributed by atoms with Crippen molar-refractivity contribution < 1.29 is 27.6 Å². The van der Waals surface area contributed by atoms with Gasteiger partial charge in [-0.15, -0.1) is 0 Å². The first-order chi connectivity index (χ1) is 17.2. The molecule has 1 saturated heterocycles. The van der Waals surface area contributed by atoms with Gasteiger partial charge < -0.3 is 5.32 Å². The number of carbonyl (C=O) groups excluding carboxylic acids is 3. The lowest BCUT2D eigenvalue weighted by atomic mass is 9.73. The van der Waals surface area contributed by atoms with Crippen LogP contribution in [0.25, 0.3) is 0 Å². The van der Waals surface area contributed by atoms with Crippen molar-refractivity contribution in [2.45, 2.75) is 31.4 Å². The van der Waals surface area contributed by atoms with Crippen LogP contribution in [0.5, 0.6) is 0 Å². The first-order valence-electron chi connectivity index (χ1n) is 11.7. The summed E-state index contributed by atoms with van der Waals surface area (Å²) in [5.74, 6) is -1.75. The van der Waals surface area contributed by atoms with Crippen molar-refractivity contribution in [1.82, 2.24) is 0 Å². The minimum absolute atomic E-state index is 0.108. The lowest BCUT2D eigenvalue weighted by molar-refractivity contribution is -0.137. The SMILES string of the molecule is O=C(Nc1ccccc1C(F)(F)F)c1ccc(N2C(=O)[C@H]3C[C@@H](c4ccccc4)CC[C@H]3C2=O)cc1. The molecule has 1 aliphatic heterocycles. The summed E-state index contributed by atoms with van der Waals surface area (Å²) < 4.78 is 39.7. The van der Waals surface area contributed by atoms with Crippen LogP contribution in [-0.2, 0) is 15.8 Å². The molecule has 5 rings (SSSR count). The average molecular weight is 492 g/mol. The van der Waals surface area contributed by atoms with Gasteiger partial charge in [0, 0.05) is 5.56 Å². The maximum absolute atomic E-state index is 13.2. The Morgan fingerprint density at radius 1 is 0.806 bits per heavy atom. The number of para-hydroxylation sites is 1. The zero-order valence-corrected chi connectivity index (χ0v) is 19.2. The van der Waals surface area contributed by atoms with Crippen LogP contribution in [0.4, 0.5) is 24.5 Å². The maximum Gasteiger partial charge on any atom is 0.418 e. The molecule has 1 saturated carbocycles. The molecule has 1 heterocycles. The number of halogens is 3. The smallest absolute Gasteiger partial charge is 0.321 e. The molecular weight excluding hydrogens is 469 g/mol. The minimum Gasteiger partial charge on any atom is -0.321 e. The second-order valence-electron chi connectivity index (χ2n) is 9.19. The van der Waals surface area contributed by atoms with E-state index >= 15 is 0 Å². The Balaban J connectivity index is 1.31. The van der Waals surface area contributed by atoms with Gasteiger partial charge in [-0.05, 0) is 67.1 Å². The van der Waals surface area contributed by atoms with E-state index in [1.807, 2.05) is 30.3 Å². The van der Waals surface area contributed by atoms with Crippen molar-refractivity contribution in [3.05, 3.63) is 95.6 Å². The summed E-state index contributed by atoms with van der Waals surface area (Å²) in [6.07, 6.45) is -2.55. The third-order valence-corrected chi connectivity index (χ3v) is 7.06. The van der Waals surface area contributed by atoms with Gasteiger partial charge in [0.05, 0.1) is 28.8 Å². The molecule has 0 aromatic heterocycles. The second kappa shape index (κ2) is 9.26. The normalized spacial score (nSPS) is 21.9. The average Bonchev–Trinajstić information content (AvgIpc) is 3.13. The molecule has 1 N–H and O–H groups in total. The molecule has 184 valence electrons. The van der Waals surface area contributed by atoms with Crippen molar-refractivity contribution in [2.75, 3.05) is 10.2 Å². The fourth-order valence-corrected chi connectivity index (χ4v) is 5.26. The van der Waals surface area contributed by atoms with Gasteiger partial charge in [0.1, 0.15) is 0 Å². The first kappa shape index (κ1) is 23.8. The van der Waals surface area contributed by atoms with Crippen LogP contribution in [0.2, 0.25) is 0 Å². The monoisotopic (exact) mass is 492 g/mol. The number of anilines is 2. The molecule has 3 aromatic carbocycles. The standard InChI is InChI=1S/C28H23F3N2O3/c29-28(30,31)23-8-4-5-9-24(23)32-25(34)18-10-13-20(14-11-18)33-26(35)21-15-12-19(16-22(21)27(33)36)17-6-2-1-3-7-17/h1-11,13-14,19,21-22H,12,15-16H2,(H,32,34)/t19-,21+,22-/m0/s1. The molecule has 3 atom stereocenters. The zero-order chi connectivity index (χ0) is 25.4. The predicted octanol–water partition coefficient (Wildman–Crippen LogP) is 6.03. The van der Waals surface area contributed by atoms with Crippen LogP contribution in [0.3, 0.4) is 0 Å². The van der Waals surface area contributed by atoms with Gasteiger partial charge in [-0.25, -0.2) is 0 Å². The van der Waals surface area contributed by atoms with E-state index in [2.05, 4.69) is 5.32 Å². The number of imide groups is 1. The third kappa shape index (κ3) is 4.39. The Morgan fingerprint density at radius 2 is 1.44 bits per heavy atom. The number of hydrogen-bond donors (Lipinski definition) is 1. The van der Waals surface area contributed by atoms with Gasteiger partial charge in [0.15, 0.2) is 0 Å². The highest BCUT2D eigenvalue weighted by atomic mass is 19.4. The Bertz CT molecular complexity index is 1310. The number of carbonyl (C=O) groups is 3. The highest BCUT2D eigenvalue weighted by Crippen LogP contribution is 2.45. The summed E-state index contributed by atoms with van der Waals surface area (Å²) in [6.45, 7) is 0. The van der Waals surface area contributed by atoms with Crippen molar-refractivity contribution in [1.29, 1.82) is 0 Å². The third-order valence-electron chi connectivity index (χ3n) is 7.06. The lowest BCUT2D eigenvalue weighted by Gasteiger charge is -2.28. The highest BCUT2D eigenvalue weighted by molar-refractivity contribution is 6.22. The van der Waals surface area contributed by atoms with E-state index < -0.39 is 23.6 Å². The van der Waals surface area contributed by atoms with Crippen molar-refractivity contribution >= 4 is 29.1 Å². The van der Waals surface area contributed by atoms with E-state index in [-0.39, 0.29) is 34.9 Å². The molecule has 0 spiro atoms. The summed E-state index contributed by atoms with van der Waals surface area (Å²) in [4.78, 5) is 40.1. The largest absolute Gasteiger partial charge is 0.418 e. The Hall–Kier alpha value is -3.94. The van der Waals surface area contributed by atoms with Crippen LogP contribution in [-0.4, -0.2) is 17.7 Å². The molecule has 8 heteroatoms. The summed E-state index contributed by atoms with van der Waals surface area (Å²) in [7, 11) is 0. The number of alkyl halides is 3. The lowest BCUT2D eigenvalue weighted by Crippen LogP contribution is -2.30. The van der Waals surface area contributed by atoms with E-state index in [0.717, 1.165) is 18.1 Å². The molecule has 3 amide bonds. The number of benzene rings is 3. The molecular formula is C28H23F3N2O3. The first-order valence-corrected chi connectivity index (χ1v) is 11.7. The molecule has 1 aliphatic carbocycles. The van der Waals surface area contributed by atoms with Gasteiger partial charge >= 0.3 is 6.18 Å². The molecule has 2 aliphatic rings. The van der Waals surface area contributed by atoms with E-state index in [0.29, 0.717) is 18.5 Å². The Kier molecular flexibility index (Phi) is 6.12. The summed E-state index contributed by atoms with van der Waals surface area (Å²) in [6, 6.07) is 20.4. The van der Waals surface area contributed by atoms with Gasteiger partial charge in [0.2, 0.25) is 11.8 Å². The van der Waals surface area contributed by atoms with Crippen LogP contribution < -0.4 is 10.2 Å². The van der Waals surface area contributed by atoms with Crippen molar-refractivity contribution in [2.24, 2.45) is 11.8 Å². The van der Waals surface area contributed by atoms with Gasteiger partial charge in [-0.3, -0.25) is 19.3 Å². The topological polar surface area (TPSA) is 66.5 Å². The van der Waals surface area contributed by atoms with Gasteiger partial charge in [-0.1, -0.05) is 42.5 Å². The van der Waals surface area contributed by atoms with Crippen molar-refractivity contribution in [3.63, 3.8) is 0 Å². The highest BCUT2D eigenvalue weighted by Gasteiger charge is 2.50. The summed E-state index contributed by atoms with van der Waals surface area (Å²) in [5, 5.41) is 2.29. The van der Waals surface area contributed by atoms with Crippen LogP contribution in [0.1, 0.15) is 46.7 Å². The second-order valence-corrected chi connectivity index (χ2v) is 9.19. The number of fused-ring (bicyclic) bond motifs is 1. The summed E-state index contributed by atoms with van der Waals surface area (Å²) in [5.41, 5.74) is 0.331. The Labute approximate surface area is 205 Å². The molecule has 36 heavy (non-hydrogen) atoms. The van der Waals surface area contributed by atoms with E-state index in [1.165, 1.54) is 47.4 Å². The zero-order valence-electron chi connectivity index (χ0n) is 19.2. The number of amides is 3. The fourth-order valence-electron chi connectivity index (χ4n) is 5.26. The summed E-state index contributed by atoms with van der Waals surface area (Å²) >= 11 is 0. The van der Waals surface area contributed by atoms with Gasteiger partial charge in [-0.2, -0.15) is 13.2 Å². The van der Waals surface area contributed by atoms with E-state index in [1.54, 1.807) is 0 Å². The fraction of sp³-hybridized carbons (Fsp3) is 0.250. The van der Waals surface area contributed by atoms with Crippen LogP contribution in [0, 0.1) is 11.8 Å². The van der Waals surface area contributed by atoms with Crippen LogP contribution in [0.15, 0.2) is 78.9 Å². The number of nitrogens with one attached hydrogen (secondary N) is 1. The van der Waals surface area contributed by atoms with Crippen LogP contribution >= 0.6 is 0 Å². The van der Waals surface area contributed by atoms with Crippen molar-refractivity contribution in [3.8, 4) is 0 Å². The number of rotatable bonds is 4. The van der Waals surface area contributed by atoms with E-state index in [9.17, 15) is 27.6 Å². The molecule has 0 bridgehead atoms.